The summed E-state index contributed by atoms with van der Waals surface area (Å²) in [6.07, 6.45) is 46.5. The van der Waals surface area contributed by atoms with Gasteiger partial charge in [0, 0.05) is 65.1 Å². The summed E-state index contributed by atoms with van der Waals surface area (Å²) in [5, 5.41) is 53.3. The van der Waals surface area contributed by atoms with Crippen molar-refractivity contribution in [1.82, 2.24) is 25.3 Å². The van der Waals surface area contributed by atoms with E-state index in [4.69, 9.17) is 33.2 Å². The highest BCUT2D eigenvalue weighted by molar-refractivity contribution is 5.74. The van der Waals surface area contributed by atoms with Gasteiger partial charge in [0.1, 0.15) is 25.9 Å². The number of carboxylic acids is 5. The van der Waals surface area contributed by atoms with Crippen molar-refractivity contribution in [1.29, 1.82) is 0 Å². The Morgan fingerprint density at radius 1 is 0.333 bits per heavy atom. The van der Waals surface area contributed by atoms with E-state index in [0.717, 1.165) is 86.8 Å². The second kappa shape index (κ2) is 72.9. The van der Waals surface area contributed by atoms with Gasteiger partial charge in [-0.25, -0.2) is 4.79 Å². The molecule has 0 fully saturated rings. The first-order valence-corrected chi connectivity index (χ1v) is 41.0. The molecule has 0 aliphatic rings. The van der Waals surface area contributed by atoms with Crippen LogP contribution in [0.1, 0.15) is 303 Å². The van der Waals surface area contributed by atoms with E-state index >= 15 is 0 Å². The van der Waals surface area contributed by atoms with Crippen molar-refractivity contribution in [2.75, 3.05) is 138 Å². The zero-order valence-electron chi connectivity index (χ0n) is 65.6. The highest BCUT2D eigenvalue weighted by atomic mass is 16.6. The number of alkyl carbamates (subject to hydrolysis) is 1. The van der Waals surface area contributed by atoms with Crippen LogP contribution in [0.2, 0.25) is 0 Å². The number of carbonyl (C=O) groups excluding carboxylic acids is 4. The number of hydrogen-bond donors (Lipinski definition) is 7. The maximum Gasteiger partial charge on any atom is 0.407 e. The van der Waals surface area contributed by atoms with Crippen LogP contribution in [0.25, 0.3) is 0 Å². The summed E-state index contributed by atoms with van der Waals surface area (Å²) in [5.41, 5.74) is -1.06. The molecule has 26 heteroatoms. The minimum Gasteiger partial charge on any atom is -0.480 e. The number of carbonyl (C=O) groups is 9. The Balaban J connectivity index is 5.50. The normalized spacial score (nSPS) is 11.9. The van der Waals surface area contributed by atoms with Crippen molar-refractivity contribution in [3.63, 3.8) is 0 Å². The molecule has 0 aliphatic heterocycles. The number of esters is 3. The SMILES string of the molecule is CCCCCCCCCCCCCCCC(=O)OCC(CNCCOCCOCCOCCNC(=O)OCCCC(C(=O)O)N(CCN(CC(=O)O)CC(=O)O)CCN(CC(=O)O)CC(=O)O)(COC(=O)CCCCCCCCCCCCCCC)COC(=O)CCCCCCCCCCCCCCC. The van der Waals surface area contributed by atoms with Gasteiger partial charge in [0.25, 0.3) is 0 Å². The van der Waals surface area contributed by atoms with E-state index in [2.05, 4.69) is 31.4 Å². The lowest BCUT2D eigenvalue weighted by atomic mass is 9.90. The molecule has 0 spiro atoms. The van der Waals surface area contributed by atoms with Crippen molar-refractivity contribution in [2.24, 2.45) is 5.41 Å². The molecular formula is C79H147N5O21. The number of rotatable bonds is 82. The molecule has 0 aromatic carbocycles. The molecule has 0 bridgehead atoms. The lowest BCUT2D eigenvalue weighted by molar-refractivity contribution is -0.162. The summed E-state index contributed by atoms with van der Waals surface area (Å²) in [5.74, 6) is -7.57. The van der Waals surface area contributed by atoms with Crippen LogP contribution in [0, 0.1) is 5.41 Å². The van der Waals surface area contributed by atoms with Gasteiger partial charge in [0.05, 0.1) is 77.8 Å². The molecule has 0 aliphatic carbocycles. The maximum atomic E-state index is 13.4. The lowest BCUT2D eigenvalue weighted by Gasteiger charge is -2.32. The van der Waals surface area contributed by atoms with Gasteiger partial charge in [-0.1, -0.05) is 252 Å². The summed E-state index contributed by atoms with van der Waals surface area (Å²) in [7, 11) is 0. The third-order valence-electron chi connectivity index (χ3n) is 18.7. The fourth-order valence-electron chi connectivity index (χ4n) is 12.4. The molecule has 0 aromatic rings. The Kier molecular flexibility index (Phi) is 69.3. The average Bonchev–Trinajstić information content (AvgIpc) is 0.871. The van der Waals surface area contributed by atoms with Crippen molar-refractivity contribution < 1.29 is 102 Å². The topological polar surface area (TPSA) is 353 Å². The maximum absolute atomic E-state index is 13.4. The second-order valence-corrected chi connectivity index (χ2v) is 28.6. The highest BCUT2D eigenvalue weighted by Gasteiger charge is 2.36. The summed E-state index contributed by atoms with van der Waals surface area (Å²) in [6, 6.07) is -1.28. The zero-order chi connectivity index (χ0) is 77.3. The second-order valence-electron chi connectivity index (χ2n) is 28.6. The first kappa shape index (κ1) is 99.8. The lowest BCUT2D eigenvalue weighted by Crippen LogP contribution is -2.50. The number of amides is 1. The third kappa shape index (κ3) is 67.8. The Morgan fingerprint density at radius 3 is 0.914 bits per heavy atom. The molecule has 0 heterocycles. The molecular weight excluding hydrogens is 1350 g/mol. The predicted octanol–water partition coefficient (Wildman–Crippen LogP) is 13.9. The number of ether oxygens (including phenoxy) is 7. The first-order valence-electron chi connectivity index (χ1n) is 41.0. The molecule has 1 atom stereocenters. The van der Waals surface area contributed by atoms with E-state index in [1.807, 2.05) is 0 Å². The van der Waals surface area contributed by atoms with Crippen LogP contribution in [0.15, 0.2) is 0 Å². The number of carboxylic acid groups (broad SMARTS) is 5. The predicted molar refractivity (Wildman–Crippen MR) is 407 cm³/mol. The molecule has 26 nitrogen and oxygen atoms in total. The van der Waals surface area contributed by atoms with E-state index in [9.17, 15) is 68.7 Å². The van der Waals surface area contributed by atoms with Crippen LogP contribution in [-0.2, 0) is 71.5 Å². The van der Waals surface area contributed by atoms with Crippen molar-refractivity contribution >= 4 is 53.8 Å². The number of hydrogen-bond acceptors (Lipinski definition) is 20. The molecule has 1 unspecified atom stereocenters. The molecule has 614 valence electrons. The minimum absolute atomic E-state index is 0.0479. The summed E-state index contributed by atoms with van der Waals surface area (Å²) in [6.45, 7) is 4.95. The van der Waals surface area contributed by atoms with Crippen LogP contribution >= 0.6 is 0 Å². The largest absolute Gasteiger partial charge is 0.480 e. The molecule has 0 saturated carbocycles. The van der Waals surface area contributed by atoms with Crippen LogP contribution in [-0.4, -0.2) is 238 Å². The summed E-state index contributed by atoms with van der Waals surface area (Å²) >= 11 is 0. The Morgan fingerprint density at radius 2 is 0.619 bits per heavy atom. The van der Waals surface area contributed by atoms with Crippen LogP contribution in [0.5, 0.6) is 0 Å². The molecule has 0 saturated heterocycles. The fraction of sp³-hybridized carbons (Fsp3) is 0.886. The van der Waals surface area contributed by atoms with Gasteiger partial charge in [-0.2, -0.15) is 0 Å². The van der Waals surface area contributed by atoms with E-state index in [-0.39, 0.29) is 149 Å². The minimum atomic E-state index is -1.31. The van der Waals surface area contributed by atoms with Crippen LogP contribution in [0.3, 0.4) is 0 Å². The molecule has 0 rings (SSSR count). The van der Waals surface area contributed by atoms with E-state index in [1.165, 1.54) is 178 Å². The molecule has 0 aromatic heterocycles. The van der Waals surface area contributed by atoms with Gasteiger partial charge in [-0.15, -0.1) is 0 Å². The van der Waals surface area contributed by atoms with Gasteiger partial charge in [-0.3, -0.25) is 53.1 Å². The molecule has 7 N–H and O–H groups in total. The standard InChI is InChI=1S/C79H147N5O21/c1-4-7-10-13-16-19-22-25-28-31-34-37-40-45-74(93)103-66-79(67-104-75(94)46-41-38-35-32-29-26-23-20-17-14-11-8-5-2,68-105-76(95)47-42-39-36-33-30-27-24-21-18-15-12-9-6-3)65-80-48-55-99-57-59-101-60-58-100-56-49-81-78(98)102-54-43-44-69(77(96)97)84(52-50-82(61-70(85)86)62-71(87)88)53-51-83(63-72(89)90)64-73(91)92/h69,80H,4-68H2,1-3H3,(H,81,98)(H,85,86)(H,87,88)(H,89,90)(H,91,92)(H,96,97). The number of aliphatic carboxylic acids is 5. The molecule has 1 amide bonds. The Hall–Kier alpha value is -5.25. The van der Waals surface area contributed by atoms with Gasteiger partial charge in [-0.05, 0) is 32.1 Å². The molecule has 105 heavy (non-hydrogen) atoms. The van der Waals surface area contributed by atoms with Crippen LogP contribution in [0.4, 0.5) is 4.79 Å². The van der Waals surface area contributed by atoms with Gasteiger partial charge < -0.3 is 69.3 Å². The van der Waals surface area contributed by atoms with Crippen molar-refractivity contribution in [3.8, 4) is 0 Å². The fourth-order valence-corrected chi connectivity index (χ4v) is 12.4. The van der Waals surface area contributed by atoms with E-state index in [1.54, 1.807) is 0 Å². The highest BCUT2D eigenvalue weighted by Crippen LogP contribution is 2.23. The van der Waals surface area contributed by atoms with Crippen LogP contribution < -0.4 is 10.6 Å². The average molecular weight is 1500 g/mol. The van der Waals surface area contributed by atoms with Gasteiger partial charge in [0.15, 0.2) is 0 Å². The number of nitrogens with zero attached hydrogens (tertiary/aromatic N) is 3. The smallest absolute Gasteiger partial charge is 0.407 e. The Labute approximate surface area is 631 Å². The Bertz CT molecular complexity index is 1980. The quantitative estimate of drug-likeness (QED) is 0.0169. The van der Waals surface area contributed by atoms with Crippen molar-refractivity contribution in [2.45, 2.75) is 309 Å². The molecule has 0 radical (unpaired) electrons. The number of nitrogens with one attached hydrogen (secondary N) is 2. The first-order chi connectivity index (χ1) is 50.9. The van der Waals surface area contributed by atoms with Gasteiger partial charge >= 0.3 is 53.8 Å². The summed E-state index contributed by atoms with van der Waals surface area (Å²) in [4.78, 5) is 114. The zero-order valence-corrected chi connectivity index (χ0v) is 65.6. The van der Waals surface area contributed by atoms with E-state index < -0.39 is 73.6 Å². The van der Waals surface area contributed by atoms with Crippen molar-refractivity contribution in [3.05, 3.63) is 0 Å². The number of unbranched alkanes of at least 4 members (excludes halogenated alkanes) is 36. The third-order valence-corrected chi connectivity index (χ3v) is 18.7. The monoisotopic (exact) mass is 1500 g/mol. The van der Waals surface area contributed by atoms with E-state index in [0.29, 0.717) is 13.2 Å². The summed E-state index contributed by atoms with van der Waals surface area (Å²) < 4.78 is 40.3. The van der Waals surface area contributed by atoms with Gasteiger partial charge in [0.2, 0.25) is 0 Å².